The highest BCUT2D eigenvalue weighted by Gasteiger charge is 2.31. The molecular formula is C20H22N2O3. The second-order valence-corrected chi connectivity index (χ2v) is 6.12. The number of carbonyl (C=O) groups excluding carboxylic acids is 2. The molecule has 1 aliphatic rings. The minimum atomic E-state index is -0.189. The third kappa shape index (κ3) is 3.82. The monoisotopic (exact) mass is 338 g/mol. The van der Waals surface area contributed by atoms with Crippen molar-refractivity contribution in [2.24, 2.45) is 0 Å². The summed E-state index contributed by atoms with van der Waals surface area (Å²) in [6.07, 6.45) is 0.310. The van der Waals surface area contributed by atoms with Crippen LogP contribution < -0.4 is 15.0 Å². The van der Waals surface area contributed by atoms with Crippen molar-refractivity contribution in [3.63, 3.8) is 0 Å². The summed E-state index contributed by atoms with van der Waals surface area (Å²) in [5, 5.41) is 2.97. The molecule has 0 unspecified atom stereocenters. The van der Waals surface area contributed by atoms with Gasteiger partial charge in [-0.2, -0.15) is 0 Å². The van der Waals surface area contributed by atoms with Crippen LogP contribution in [0.2, 0.25) is 0 Å². The Balaban J connectivity index is 1.66. The number of amides is 2. The van der Waals surface area contributed by atoms with Crippen molar-refractivity contribution in [3.8, 4) is 5.75 Å². The molecule has 2 amide bonds. The molecule has 0 saturated carbocycles. The Morgan fingerprint density at radius 3 is 2.60 bits per heavy atom. The van der Waals surface area contributed by atoms with E-state index in [0.29, 0.717) is 25.1 Å². The number of hydrogen-bond donors (Lipinski definition) is 1. The molecule has 5 heteroatoms. The van der Waals surface area contributed by atoms with E-state index in [-0.39, 0.29) is 17.9 Å². The molecule has 0 aliphatic carbocycles. The SMILES string of the molecule is CCOc1ccc(N2C[C@@H](NC(=O)c3ccccc3C)CC2=O)cc1. The zero-order chi connectivity index (χ0) is 17.8. The zero-order valence-electron chi connectivity index (χ0n) is 14.5. The first-order valence-electron chi connectivity index (χ1n) is 8.48. The Hall–Kier alpha value is -2.82. The predicted molar refractivity (Wildman–Crippen MR) is 97.0 cm³/mol. The van der Waals surface area contributed by atoms with Gasteiger partial charge in [-0.05, 0) is 49.7 Å². The molecule has 2 aromatic carbocycles. The summed E-state index contributed by atoms with van der Waals surface area (Å²) in [4.78, 5) is 26.5. The van der Waals surface area contributed by atoms with Crippen molar-refractivity contribution in [3.05, 3.63) is 59.7 Å². The third-order valence-corrected chi connectivity index (χ3v) is 4.31. The van der Waals surface area contributed by atoms with E-state index in [1.807, 2.05) is 56.3 Å². The van der Waals surface area contributed by atoms with E-state index in [0.717, 1.165) is 17.0 Å². The van der Waals surface area contributed by atoms with E-state index >= 15 is 0 Å². The van der Waals surface area contributed by atoms with Crippen LogP contribution in [0.3, 0.4) is 0 Å². The average molecular weight is 338 g/mol. The number of ether oxygens (including phenoxy) is 1. The normalized spacial score (nSPS) is 16.8. The van der Waals surface area contributed by atoms with Gasteiger partial charge in [-0.3, -0.25) is 9.59 Å². The molecule has 25 heavy (non-hydrogen) atoms. The second kappa shape index (κ2) is 7.38. The summed E-state index contributed by atoms with van der Waals surface area (Å²) in [5.41, 5.74) is 2.39. The summed E-state index contributed by atoms with van der Waals surface area (Å²) < 4.78 is 5.42. The van der Waals surface area contributed by atoms with Crippen LogP contribution in [-0.2, 0) is 4.79 Å². The minimum absolute atomic E-state index is 0.0132. The highest BCUT2D eigenvalue weighted by molar-refractivity contribution is 5.99. The maximum Gasteiger partial charge on any atom is 0.251 e. The van der Waals surface area contributed by atoms with Gasteiger partial charge in [0.15, 0.2) is 0 Å². The molecular weight excluding hydrogens is 316 g/mol. The largest absolute Gasteiger partial charge is 0.494 e. The van der Waals surface area contributed by atoms with Crippen molar-refractivity contribution < 1.29 is 14.3 Å². The van der Waals surface area contributed by atoms with Gasteiger partial charge in [0.25, 0.3) is 5.91 Å². The molecule has 1 N–H and O–H groups in total. The number of nitrogens with zero attached hydrogens (tertiary/aromatic N) is 1. The van der Waals surface area contributed by atoms with Crippen molar-refractivity contribution in [1.82, 2.24) is 5.32 Å². The van der Waals surface area contributed by atoms with Gasteiger partial charge in [0.05, 0.1) is 12.6 Å². The zero-order valence-corrected chi connectivity index (χ0v) is 14.5. The standard InChI is InChI=1S/C20H22N2O3/c1-3-25-17-10-8-16(9-11-17)22-13-15(12-19(22)23)21-20(24)18-7-5-4-6-14(18)2/h4-11,15H,3,12-13H2,1-2H3,(H,21,24)/t15-/m0/s1. The van der Waals surface area contributed by atoms with E-state index in [1.54, 1.807) is 11.0 Å². The highest BCUT2D eigenvalue weighted by atomic mass is 16.5. The van der Waals surface area contributed by atoms with Crippen LogP contribution in [0.1, 0.15) is 29.3 Å². The number of carbonyl (C=O) groups is 2. The van der Waals surface area contributed by atoms with Gasteiger partial charge in [-0.15, -0.1) is 0 Å². The number of hydrogen-bond acceptors (Lipinski definition) is 3. The van der Waals surface area contributed by atoms with Crippen LogP contribution in [0, 0.1) is 6.92 Å². The van der Waals surface area contributed by atoms with Crippen molar-refractivity contribution in [2.75, 3.05) is 18.1 Å². The van der Waals surface area contributed by atoms with Crippen molar-refractivity contribution in [1.29, 1.82) is 0 Å². The molecule has 0 spiro atoms. The molecule has 0 bridgehead atoms. The first-order chi connectivity index (χ1) is 12.1. The highest BCUT2D eigenvalue weighted by Crippen LogP contribution is 2.24. The smallest absolute Gasteiger partial charge is 0.251 e. The Kier molecular flexibility index (Phi) is 5.03. The molecule has 0 radical (unpaired) electrons. The van der Waals surface area contributed by atoms with Crippen molar-refractivity contribution >= 4 is 17.5 Å². The maximum atomic E-state index is 12.4. The lowest BCUT2D eigenvalue weighted by atomic mass is 10.1. The van der Waals surface area contributed by atoms with E-state index in [2.05, 4.69) is 5.32 Å². The number of anilines is 1. The number of nitrogens with one attached hydrogen (secondary N) is 1. The minimum Gasteiger partial charge on any atom is -0.494 e. The molecule has 5 nitrogen and oxygen atoms in total. The molecule has 1 saturated heterocycles. The molecule has 3 rings (SSSR count). The Bertz CT molecular complexity index is 771. The molecule has 1 fully saturated rings. The van der Waals surface area contributed by atoms with E-state index in [9.17, 15) is 9.59 Å². The molecule has 1 aliphatic heterocycles. The molecule has 2 aromatic rings. The summed E-state index contributed by atoms with van der Waals surface area (Å²) in [6, 6.07) is 14.7. The van der Waals surface area contributed by atoms with Gasteiger partial charge in [0, 0.05) is 24.2 Å². The van der Waals surface area contributed by atoms with Crippen molar-refractivity contribution in [2.45, 2.75) is 26.3 Å². The van der Waals surface area contributed by atoms with Gasteiger partial charge in [-0.25, -0.2) is 0 Å². The van der Waals surface area contributed by atoms with Gasteiger partial charge >= 0.3 is 0 Å². The van der Waals surface area contributed by atoms with Gasteiger partial charge < -0.3 is 15.0 Å². The fourth-order valence-electron chi connectivity index (χ4n) is 3.03. The molecule has 1 heterocycles. The number of aryl methyl sites for hydroxylation is 1. The summed E-state index contributed by atoms with van der Waals surface area (Å²) in [5.74, 6) is 0.658. The van der Waals surface area contributed by atoms with Gasteiger partial charge in [0.1, 0.15) is 5.75 Å². The van der Waals surface area contributed by atoms with Crippen LogP contribution in [0.5, 0.6) is 5.75 Å². The Labute approximate surface area is 147 Å². The van der Waals surface area contributed by atoms with E-state index < -0.39 is 0 Å². The topological polar surface area (TPSA) is 58.6 Å². The average Bonchev–Trinajstić information content (AvgIpc) is 2.96. The molecule has 1 atom stereocenters. The van der Waals surface area contributed by atoms with Gasteiger partial charge in [-0.1, -0.05) is 18.2 Å². The van der Waals surface area contributed by atoms with E-state index in [4.69, 9.17) is 4.74 Å². The molecule has 0 aromatic heterocycles. The van der Waals surface area contributed by atoms with Crippen LogP contribution in [0.4, 0.5) is 5.69 Å². The maximum absolute atomic E-state index is 12.4. The lowest BCUT2D eigenvalue weighted by molar-refractivity contribution is -0.117. The summed E-state index contributed by atoms with van der Waals surface area (Å²) >= 11 is 0. The number of rotatable bonds is 5. The van der Waals surface area contributed by atoms with Crippen LogP contribution in [0.25, 0.3) is 0 Å². The predicted octanol–water partition coefficient (Wildman–Crippen LogP) is 2.93. The van der Waals surface area contributed by atoms with Gasteiger partial charge in [0.2, 0.25) is 5.91 Å². The summed E-state index contributed by atoms with van der Waals surface area (Å²) in [7, 11) is 0. The third-order valence-electron chi connectivity index (χ3n) is 4.31. The lowest BCUT2D eigenvalue weighted by Gasteiger charge is -2.18. The Morgan fingerprint density at radius 2 is 1.92 bits per heavy atom. The van der Waals surface area contributed by atoms with E-state index in [1.165, 1.54) is 0 Å². The quantitative estimate of drug-likeness (QED) is 0.912. The van der Waals surface area contributed by atoms with Crippen LogP contribution in [-0.4, -0.2) is 31.0 Å². The fraction of sp³-hybridized carbons (Fsp3) is 0.300. The number of benzene rings is 2. The van der Waals surface area contributed by atoms with Crippen LogP contribution in [0.15, 0.2) is 48.5 Å². The first-order valence-corrected chi connectivity index (χ1v) is 8.48. The molecule has 130 valence electrons. The Morgan fingerprint density at radius 1 is 1.20 bits per heavy atom. The fourth-order valence-corrected chi connectivity index (χ4v) is 3.03. The second-order valence-electron chi connectivity index (χ2n) is 6.12. The lowest BCUT2D eigenvalue weighted by Crippen LogP contribution is -2.37. The van der Waals surface area contributed by atoms with Crippen LogP contribution >= 0.6 is 0 Å². The summed E-state index contributed by atoms with van der Waals surface area (Å²) in [6.45, 7) is 4.92. The first kappa shape index (κ1) is 17.0.